The number of nitrogens with zero attached hydrogens (tertiary/aromatic N) is 4. The molecule has 1 unspecified atom stereocenters. The minimum atomic E-state index is -0.346. The molecule has 2 aromatic rings. The van der Waals surface area contributed by atoms with E-state index in [1.54, 1.807) is 12.1 Å². The SMILES string of the molecule is Cc1cc(C2CCCN2C(=O)C2CCN(c3ccccc3[N+](=O)[O-])CC2)on1. The highest BCUT2D eigenvalue weighted by Crippen LogP contribution is 2.36. The van der Waals surface area contributed by atoms with Crippen molar-refractivity contribution in [3.8, 4) is 0 Å². The Hall–Kier alpha value is -2.90. The van der Waals surface area contributed by atoms with Crippen LogP contribution < -0.4 is 4.90 Å². The molecule has 0 spiro atoms. The van der Waals surface area contributed by atoms with Gasteiger partial charge in [0.25, 0.3) is 5.69 Å². The van der Waals surface area contributed by atoms with Crippen molar-refractivity contribution in [2.45, 2.75) is 38.6 Å². The Labute approximate surface area is 163 Å². The number of hydrogen-bond donors (Lipinski definition) is 0. The Bertz CT molecular complexity index is 873. The van der Waals surface area contributed by atoms with Crippen LogP contribution >= 0.6 is 0 Å². The Morgan fingerprint density at radius 1 is 1.21 bits per heavy atom. The van der Waals surface area contributed by atoms with Crippen molar-refractivity contribution in [3.05, 3.63) is 51.9 Å². The fourth-order valence-electron chi connectivity index (χ4n) is 4.35. The molecule has 4 rings (SSSR count). The van der Waals surface area contributed by atoms with Crippen molar-refractivity contribution in [1.29, 1.82) is 0 Å². The average molecular weight is 384 g/mol. The molecule has 0 N–H and O–H groups in total. The number of hydrogen-bond acceptors (Lipinski definition) is 6. The van der Waals surface area contributed by atoms with Crippen molar-refractivity contribution in [2.75, 3.05) is 24.5 Å². The summed E-state index contributed by atoms with van der Waals surface area (Å²) in [4.78, 5) is 28.0. The quantitative estimate of drug-likeness (QED) is 0.592. The van der Waals surface area contributed by atoms with Crippen LogP contribution in [0.25, 0.3) is 0 Å². The summed E-state index contributed by atoms with van der Waals surface area (Å²) < 4.78 is 5.41. The summed E-state index contributed by atoms with van der Waals surface area (Å²) in [6.07, 6.45) is 3.26. The highest BCUT2D eigenvalue weighted by molar-refractivity contribution is 5.80. The normalized spacial score (nSPS) is 20.5. The number of anilines is 1. The maximum atomic E-state index is 13.1. The minimum Gasteiger partial charge on any atom is -0.366 e. The molecule has 2 aliphatic rings. The van der Waals surface area contributed by atoms with Crippen LogP contribution in [0.3, 0.4) is 0 Å². The minimum absolute atomic E-state index is 0.0260. The molecule has 1 amide bonds. The molecule has 2 aliphatic heterocycles. The van der Waals surface area contributed by atoms with Gasteiger partial charge in [0.15, 0.2) is 5.76 Å². The zero-order chi connectivity index (χ0) is 19.7. The van der Waals surface area contributed by atoms with Crippen LogP contribution in [0.15, 0.2) is 34.9 Å². The molecule has 8 nitrogen and oxygen atoms in total. The van der Waals surface area contributed by atoms with Crippen molar-refractivity contribution in [2.24, 2.45) is 5.92 Å². The fraction of sp³-hybridized carbons (Fsp3) is 0.500. The highest BCUT2D eigenvalue weighted by Gasteiger charge is 2.37. The highest BCUT2D eigenvalue weighted by atomic mass is 16.6. The number of para-hydroxylation sites is 2. The van der Waals surface area contributed by atoms with E-state index in [2.05, 4.69) is 5.16 Å². The third kappa shape index (κ3) is 3.46. The van der Waals surface area contributed by atoms with Gasteiger partial charge in [0, 0.05) is 37.7 Å². The third-order valence-corrected chi connectivity index (χ3v) is 5.77. The van der Waals surface area contributed by atoms with Crippen LogP contribution in [-0.2, 0) is 4.79 Å². The predicted molar refractivity (Wildman–Crippen MR) is 103 cm³/mol. The molecule has 3 heterocycles. The van der Waals surface area contributed by atoms with Crippen molar-refractivity contribution in [1.82, 2.24) is 10.1 Å². The summed E-state index contributed by atoms with van der Waals surface area (Å²) in [6, 6.07) is 8.68. The van der Waals surface area contributed by atoms with E-state index in [0.717, 1.165) is 30.8 Å². The molecule has 148 valence electrons. The molecule has 28 heavy (non-hydrogen) atoms. The molecule has 0 saturated carbocycles. The number of aromatic nitrogens is 1. The Balaban J connectivity index is 1.42. The Kier molecular flexibility index (Phi) is 5.02. The number of nitro benzene ring substituents is 1. The molecule has 0 bridgehead atoms. The maximum Gasteiger partial charge on any atom is 0.292 e. The van der Waals surface area contributed by atoms with E-state index in [9.17, 15) is 14.9 Å². The van der Waals surface area contributed by atoms with Gasteiger partial charge in [-0.05, 0) is 38.7 Å². The van der Waals surface area contributed by atoms with Gasteiger partial charge in [-0.1, -0.05) is 17.3 Å². The second-order valence-electron chi connectivity index (χ2n) is 7.57. The van der Waals surface area contributed by atoms with Crippen LogP contribution in [0.4, 0.5) is 11.4 Å². The molecule has 1 aromatic heterocycles. The summed E-state index contributed by atoms with van der Waals surface area (Å²) in [5, 5.41) is 15.2. The van der Waals surface area contributed by atoms with Gasteiger partial charge in [-0.15, -0.1) is 0 Å². The van der Waals surface area contributed by atoms with Crippen LogP contribution in [0.5, 0.6) is 0 Å². The molecule has 2 saturated heterocycles. The Morgan fingerprint density at radius 3 is 2.64 bits per heavy atom. The lowest BCUT2D eigenvalue weighted by molar-refractivity contribution is -0.384. The number of nitro groups is 1. The zero-order valence-corrected chi connectivity index (χ0v) is 15.9. The fourth-order valence-corrected chi connectivity index (χ4v) is 4.35. The summed E-state index contributed by atoms with van der Waals surface area (Å²) >= 11 is 0. The summed E-state index contributed by atoms with van der Waals surface area (Å²) in [7, 11) is 0. The number of benzene rings is 1. The number of likely N-dealkylation sites (tertiary alicyclic amines) is 1. The number of amides is 1. The van der Waals surface area contributed by atoms with Crippen LogP contribution in [0.2, 0.25) is 0 Å². The van der Waals surface area contributed by atoms with Crippen LogP contribution in [0, 0.1) is 23.0 Å². The first kappa shape index (κ1) is 18.5. The van der Waals surface area contributed by atoms with Crippen molar-refractivity contribution in [3.63, 3.8) is 0 Å². The van der Waals surface area contributed by atoms with Crippen LogP contribution in [0.1, 0.15) is 43.2 Å². The first-order chi connectivity index (χ1) is 13.5. The monoisotopic (exact) mass is 384 g/mol. The zero-order valence-electron chi connectivity index (χ0n) is 15.9. The standard InChI is InChI=1S/C20H24N4O4/c1-14-13-19(28-21-14)18-7-4-10-23(18)20(25)15-8-11-22(12-9-15)16-5-2-3-6-17(16)24(26)27/h2-3,5-6,13,15,18H,4,7-12H2,1H3. The topological polar surface area (TPSA) is 92.7 Å². The van der Waals surface area contributed by atoms with Gasteiger partial charge >= 0.3 is 0 Å². The van der Waals surface area contributed by atoms with E-state index in [0.29, 0.717) is 31.6 Å². The van der Waals surface area contributed by atoms with Crippen molar-refractivity contribution < 1.29 is 14.2 Å². The molecule has 0 aliphatic carbocycles. The molecule has 1 atom stereocenters. The second kappa shape index (κ2) is 7.61. The van der Waals surface area contributed by atoms with Gasteiger partial charge in [0.1, 0.15) is 5.69 Å². The van der Waals surface area contributed by atoms with Crippen molar-refractivity contribution >= 4 is 17.3 Å². The number of carbonyl (C=O) groups is 1. The first-order valence-corrected chi connectivity index (χ1v) is 9.76. The second-order valence-corrected chi connectivity index (χ2v) is 7.57. The average Bonchev–Trinajstić information content (AvgIpc) is 3.36. The molecular weight excluding hydrogens is 360 g/mol. The van der Waals surface area contributed by atoms with Gasteiger partial charge < -0.3 is 14.3 Å². The number of aryl methyl sites for hydroxylation is 1. The predicted octanol–water partition coefficient (Wildman–Crippen LogP) is 3.47. The molecular formula is C20H24N4O4. The number of rotatable bonds is 4. The summed E-state index contributed by atoms with van der Waals surface area (Å²) in [5.41, 5.74) is 1.58. The molecule has 1 aromatic carbocycles. The first-order valence-electron chi connectivity index (χ1n) is 9.76. The smallest absolute Gasteiger partial charge is 0.292 e. The van der Waals surface area contributed by atoms with Gasteiger partial charge in [0.05, 0.1) is 16.7 Å². The molecule has 0 radical (unpaired) electrons. The molecule has 8 heteroatoms. The van der Waals surface area contributed by atoms with E-state index in [-0.39, 0.29) is 28.5 Å². The maximum absolute atomic E-state index is 13.1. The van der Waals surface area contributed by atoms with E-state index >= 15 is 0 Å². The van der Waals surface area contributed by atoms with Gasteiger partial charge in [-0.2, -0.15) is 0 Å². The lowest BCUT2D eigenvalue weighted by Crippen LogP contribution is -2.42. The van der Waals surface area contributed by atoms with E-state index in [1.807, 2.05) is 28.9 Å². The Morgan fingerprint density at radius 2 is 1.96 bits per heavy atom. The van der Waals surface area contributed by atoms with E-state index in [1.165, 1.54) is 6.07 Å². The number of piperidine rings is 1. The summed E-state index contributed by atoms with van der Waals surface area (Å²) in [6.45, 7) is 3.91. The lowest BCUT2D eigenvalue weighted by Gasteiger charge is -2.35. The van der Waals surface area contributed by atoms with Gasteiger partial charge in [-0.25, -0.2) is 0 Å². The van der Waals surface area contributed by atoms with E-state index < -0.39 is 0 Å². The van der Waals surface area contributed by atoms with Crippen LogP contribution in [-0.4, -0.2) is 40.5 Å². The number of carbonyl (C=O) groups excluding carboxylic acids is 1. The van der Waals surface area contributed by atoms with E-state index in [4.69, 9.17) is 4.52 Å². The third-order valence-electron chi connectivity index (χ3n) is 5.77. The summed E-state index contributed by atoms with van der Waals surface area (Å²) in [5.74, 6) is 0.878. The van der Waals surface area contributed by atoms with Gasteiger partial charge in [0.2, 0.25) is 5.91 Å². The largest absolute Gasteiger partial charge is 0.366 e. The lowest BCUT2D eigenvalue weighted by atomic mass is 9.94. The van der Waals surface area contributed by atoms with Gasteiger partial charge in [-0.3, -0.25) is 14.9 Å². The molecule has 2 fully saturated rings.